The molecule has 14 heteroatoms. The van der Waals surface area contributed by atoms with E-state index < -0.39 is 58.6 Å². The molecule has 0 amide bonds. The van der Waals surface area contributed by atoms with Crippen LogP contribution in [0.3, 0.4) is 0 Å². The van der Waals surface area contributed by atoms with E-state index in [9.17, 15) is 52.7 Å². The Morgan fingerprint density at radius 3 is 0.735 bits per heavy atom. The van der Waals surface area contributed by atoms with Crippen molar-refractivity contribution in [3.8, 4) is 22.3 Å². The maximum Gasteiger partial charge on any atom is 0.433 e. The Bertz CT molecular complexity index is 1030. The molecule has 0 spiro atoms. The van der Waals surface area contributed by atoms with Gasteiger partial charge in [-0.15, -0.1) is 0 Å². The van der Waals surface area contributed by atoms with Gasteiger partial charge in [0, 0.05) is 0 Å². The van der Waals surface area contributed by atoms with Gasteiger partial charge in [-0.25, -0.2) is 9.97 Å². The minimum atomic E-state index is -5.21. The van der Waals surface area contributed by atoms with Gasteiger partial charge in [0.2, 0.25) is 0 Å². The second-order valence-corrected chi connectivity index (χ2v) is 6.82. The van der Waals surface area contributed by atoms with Crippen molar-refractivity contribution in [3.63, 3.8) is 0 Å². The predicted molar refractivity (Wildman–Crippen MR) is 92.9 cm³/mol. The van der Waals surface area contributed by atoms with Crippen molar-refractivity contribution in [1.29, 1.82) is 0 Å². The molecule has 2 nitrogen and oxygen atoms in total. The average Bonchev–Trinajstić information content (AvgIpc) is 2.70. The molecular formula is C20H8F12N2. The lowest BCUT2D eigenvalue weighted by atomic mass is 9.99. The minimum Gasteiger partial charge on any atom is -0.239 e. The molecule has 3 rings (SSSR count). The van der Waals surface area contributed by atoms with Gasteiger partial charge >= 0.3 is 24.7 Å². The summed E-state index contributed by atoms with van der Waals surface area (Å²) < 4.78 is 156. The number of hydrogen-bond donors (Lipinski definition) is 0. The first-order valence-electron chi connectivity index (χ1n) is 8.79. The quantitative estimate of drug-likeness (QED) is 0.332. The lowest BCUT2D eigenvalue weighted by Crippen LogP contribution is -2.15. The van der Waals surface area contributed by atoms with Crippen molar-refractivity contribution < 1.29 is 52.7 Å². The molecule has 182 valence electrons. The van der Waals surface area contributed by atoms with E-state index in [0.29, 0.717) is 24.3 Å². The summed E-state index contributed by atoms with van der Waals surface area (Å²) in [6.07, 6.45) is -20.9. The van der Waals surface area contributed by atoms with Crippen molar-refractivity contribution in [2.45, 2.75) is 24.7 Å². The first-order valence-corrected chi connectivity index (χ1v) is 8.79. The first-order chi connectivity index (χ1) is 15.4. The summed E-state index contributed by atoms with van der Waals surface area (Å²) >= 11 is 0. The van der Waals surface area contributed by atoms with Crippen molar-refractivity contribution in [1.82, 2.24) is 9.97 Å². The van der Waals surface area contributed by atoms with Crippen LogP contribution >= 0.6 is 0 Å². The SMILES string of the molecule is FC(F)(F)c1cc(-c2ccc(-c3cc(C(F)(F)F)nc(C(F)(F)F)c3)cc2)cc(C(F)(F)F)n1. The summed E-state index contributed by atoms with van der Waals surface area (Å²) in [5.41, 5.74) is -8.90. The summed E-state index contributed by atoms with van der Waals surface area (Å²) in [6, 6.07) is 5.14. The number of pyridine rings is 2. The van der Waals surface area contributed by atoms with Gasteiger partial charge in [0.05, 0.1) is 0 Å². The van der Waals surface area contributed by atoms with Crippen LogP contribution in [0.1, 0.15) is 22.8 Å². The van der Waals surface area contributed by atoms with Gasteiger partial charge in [0.25, 0.3) is 0 Å². The zero-order valence-corrected chi connectivity index (χ0v) is 16.0. The Morgan fingerprint density at radius 2 is 0.559 bits per heavy atom. The highest BCUT2D eigenvalue weighted by molar-refractivity contribution is 5.71. The highest BCUT2D eigenvalue weighted by Crippen LogP contribution is 2.38. The Hall–Kier alpha value is -3.32. The van der Waals surface area contributed by atoms with E-state index in [4.69, 9.17) is 0 Å². The standard InChI is InChI=1S/C20H8F12N2/c21-17(22,23)13-5-11(6-14(33-13)18(24,25)26)9-1-2-10(4-3-9)12-7-15(19(27,28)29)34-16(8-12)20(30,31)32/h1-8H. The van der Waals surface area contributed by atoms with Gasteiger partial charge in [0.1, 0.15) is 22.8 Å². The molecule has 3 aromatic rings. The molecule has 2 heterocycles. The summed E-state index contributed by atoms with van der Waals surface area (Å²) in [6.45, 7) is 0. The maximum atomic E-state index is 13.0. The molecule has 0 aliphatic heterocycles. The summed E-state index contributed by atoms with van der Waals surface area (Å²) in [5, 5.41) is 0. The normalized spacial score (nSPS) is 13.3. The largest absolute Gasteiger partial charge is 0.433 e. The third-order valence-corrected chi connectivity index (χ3v) is 4.36. The van der Waals surface area contributed by atoms with Crippen LogP contribution in [0.2, 0.25) is 0 Å². The number of alkyl halides is 12. The number of hydrogen-bond acceptors (Lipinski definition) is 2. The molecule has 0 fully saturated rings. The molecule has 0 N–H and O–H groups in total. The molecule has 0 bridgehead atoms. The van der Waals surface area contributed by atoms with Crippen LogP contribution in [0.25, 0.3) is 22.3 Å². The van der Waals surface area contributed by atoms with E-state index in [0.717, 1.165) is 24.3 Å². The van der Waals surface area contributed by atoms with Crippen LogP contribution in [0.5, 0.6) is 0 Å². The van der Waals surface area contributed by atoms with Crippen molar-refractivity contribution in [2.75, 3.05) is 0 Å². The van der Waals surface area contributed by atoms with Crippen molar-refractivity contribution >= 4 is 0 Å². The lowest BCUT2D eigenvalue weighted by molar-refractivity contribution is -0.151. The van der Waals surface area contributed by atoms with Crippen molar-refractivity contribution in [3.05, 3.63) is 71.3 Å². The zero-order valence-electron chi connectivity index (χ0n) is 16.0. The zero-order chi connectivity index (χ0) is 25.7. The van der Waals surface area contributed by atoms with Crippen LogP contribution in [-0.2, 0) is 24.7 Å². The van der Waals surface area contributed by atoms with E-state index >= 15 is 0 Å². The molecule has 1 aromatic carbocycles. The molecular weight excluding hydrogens is 496 g/mol. The van der Waals surface area contributed by atoms with Crippen LogP contribution in [0.4, 0.5) is 52.7 Å². The third-order valence-electron chi connectivity index (χ3n) is 4.36. The molecule has 0 saturated heterocycles. The van der Waals surface area contributed by atoms with Gasteiger partial charge in [0.15, 0.2) is 0 Å². The molecule has 34 heavy (non-hydrogen) atoms. The molecule has 0 radical (unpaired) electrons. The number of aromatic nitrogens is 2. The van der Waals surface area contributed by atoms with Gasteiger partial charge in [-0.2, -0.15) is 52.7 Å². The summed E-state index contributed by atoms with van der Waals surface area (Å²) in [5.74, 6) is 0. The highest BCUT2D eigenvalue weighted by Gasteiger charge is 2.40. The minimum absolute atomic E-state index is 0.219. The molecule has 2 aromatic heterocycles. The average molecular weight is 504 g/mol. The van der Waals surface area contributed by atoms with E-state index in [1.54, 1.807) is 0 Å². The molecule has 0 saturated carbocycles. The van der Waals surface area contributed by atoms with Crippen LogP contribution in [-0.4, -0.2) is 9.97 Å². The third kappa shape index (κ3) is 5.59. The fourth-order valence-electron chi connectivity index (χ4n) is 2.83. The van der Waals surface area contributed by atoms with Gasteiger partial charge in [-0.3, -0.25) is 0 Å². The number of nitrogens with zero attached hydrogens (tertiary/aromatic N) is 2. The molecule has 0 unspecified atom stereocenters. The van der Waals surface area contributed by atoms with E-state index in [1.807, 2.05) is 0 Å². The maximum absolute atomic E-state index is 13.0. The summed E-state index contributed by atoms with van der Waals surface area (Å²) in [7, 11) is 0. The van der Waals surface area contributed by atoms with Gasteiger partial charge < -0.3 is 0 Å². The van der Waals surface area contributed by atoms with E-state index in [-0.39, 0.29) is 11.1 Å². The predicted octanol–water partition coefficient (Wildman–Crippen LogP) is 7.89. The van der Waals surface area contributed by atoms with Crippen LogP contribution < -0.4 is 0 Å². The Morgan fingerprint density at radius 1 is 0.353 bits per heavy atom. The molecule has 0 aliphatic carbocycles. The Labute approximate surface area is 181 Å². The summed E-state index contributed by atoms with van der Waals surface area (Å²) in [4.78, 5) is 5.12. The van der Waals surface area contributed by atoms with E-state index in [2.05, 4.69) is 9.97 Å². The Balaban J connectivity index is 2.10. The number of halogens is 12. The van der Waals surface area contributed by atoms with E-state index in [1.165, 1.54) is 0 Å². The van der Waals surface area contributed by atoms with Gasteiger partial charge in [-0.05, 0) is 46.5 Å². The Kier molecular flexibility index (Phi) is 6.08. The molecule has 0 aliphatic rings. The van der Waals surface area contributed by atoms with Crippen molar-refractivity contribution in [2.24, 2.45) is 0 Å². The second-order valence-electron chi connectivity index (χ2n) is 6.82. The number of benzene rings is 1. The monoisotopic (exact) mass is 504 g/mol. The highest BCUT2D eigenvalue weighted by atomic mass is 19.4. The lowest BCUT2D eigenvalue weighted by Gasteiger charge is -2.14. The topological polar surface area (TPSA) is 25.8 Å². The van der Waals surface area contributed by atoms with Gasteiger partial charge in [-0.1, -0.05) is 24.3 Å². The fourth-order valence-corrected chi connectivity index (χ4v) is 2.83. The molecule has 0 atom stereocenters. The number of rotatable bonds is 2. The second kappa shape index (κ2) is 8.17. The van der Waals surface area contributed by atoms with Crippen LogP contribution in [0.15, 0.2) is 48.5 Å². The fraction of sp³-hybridized carbons (Fsp3) is 0.200. The van der Waals surface area contributed by atoms with Crippen LogP contribution in [0, 0.1) is 0 Å². The smallest absolute Gasteiger partial charge is 0.239 e. The first kappa shape index (κ1) is 25.3.